The Bertz CT molecular complexity index is 6840. The fourth-order valence-electron chi connectivity index (χ4n) is 16.6. The molecule has 17 aromatic carbocycles. The smallest absolute Gasteiger partial charge is 2.00 e. The van der Waals surface area contributed by atoms with Gasteiger partial charge in [-0.2, -0.15) is 5.26 Å². The Balaban J connectivity index is 0.000000158. The summed E-state index contributed by atoms with van der Waals surface area (Å²) < 4.78 is 0. The molecule has 0 atom stereocenters. The molecule has 0 unspecified atom stereocenters. The average Bonchev–Trinajstić information content (AvgIpc) is 0.770. The summed E-state index contributed by atoms with van der Waals surface area (Å²) in [6, 6.07) is 149. The third-order valence-corrected chi connectivity index (χ3v) is 23.0. The van der Waals surface area contributed by atoms with Crippen molar-refractivity contribution in [1.29, 1.82) is 5.26 Å². The minimum Gasteiger partial charge on any atom is 2.00 e. The van der Waals surface area contributed by atoms with Crippen LogP contribution in [0, 0.1) is 51.2 Å². The molecule has 0 aliphatic carbocycles. The molecular formula is C115H81Cl2N7Pt2. The van der Waals surface area contributed by atoms with Gasteiger partial charge >= 0.3 is 56.4 Å². The Morgan fingerprint density at radius 3 is 0.921 bits per heavy atom. The van der Waals surface area contributed by atoms with Gasteiger partial charge in [0.15, 0.2) is 0 Å². The number of anilines is 6. The first-order chi connectivity index (χ1) is 61.5. The molecule has 4 aromatic heterocycles. The van der Waals surface area contributed by atoms with E-state index in [2.05, 4.69) is 414 Å². The first-order valence-corrected chi connectivity index (χ1v) is 47.0. The van der Waals surface area contributed by atoms with Crippen molar-refractivity contribution in [2.24, 2.45) is 0 Å². The summed E-state index contributed by atoms with van der Waals surface area (Å²) in [4.78, 5) is 24.5. The second-order valence-electron chi connectivity index (χ2n) is 31.0. The molecule has 0 saturated carbocycles. The van der Waals surface area contributed by atoms with E-state index in [-0.39, 0.29) is 21.1 Å². The summed E-state index contributed by atoms with van der Waals surface area (Å²) in [6.45, 7) is 8.53. The van der Waals surface area contributed by atoms with E-state index < -0.39 is 16.5 Å². The molecule has 0 fully saturated rings. The van der Waals surface area contributed by atoms with Gasteiger partial charge in [-0.05, 0) is 256 Å². The molecule has 21 aromatic rings. The molecule has 126 heavy (non-hydrogen) atoms. The second-order valence-corrected chi connectivity index (χ2v) is 34.3. The van der Waals surface area contributed by atoms with Crippen molar-refractivity contribution in [3.05, 3.63) is 459 Å². The Morgan fingerprint density at radius 1 is 0.270 bits per heavy atom. The predicted molar refractivity (Wildman–Crippen MR) is 521 cm³/mol. The maximum atomic E-state index is 8.29. The number of pyridine rings is 4. The monoisotopic (exact) mass is 2020 g/mol. The minimum absolute atomic E-state index is 0. The maximum Gasteiger partial charge on any atom is 2.00 e. The van der Waals surface area contributed by atoms with Crippen LogP contribution in [0.25, 0.3) is 154 Å². The van der Waals surface area contributed by atoms with Crippen LogP contribution in [0.5, 0.6) is 0 Å². The van der Waals surface area contributed by atoms with Crippen LogP contribution in [0.1, 0.15) is 27.8 Å². The van der Waals surface area contributed by atoms with E-state index in [1.165, 1.54) is 87.2 Å². The number of nitrogens with zero attached hydrogens (tertiary/aromatic N) is 7. The van der Waals surface area contributed by atoms with Gasteiger partial charge in [-0.3, -0.25) is 9.97 Å². The van der Waals surface area contributed by atoms with E-state index >= 15 is 0 Å². The Labute approximate surface area is 765 Å². The van der Waals surface area contributed by atoms with Gasteiger partial charge in [0.2, 0.25) is 0 Å². The molecule has 0 N–H and O–H groups in total. The van der Waals surface area contributed by atoms with E-state index in [1.807, 2.05) is 49.1 Å². The zero-order valence-corrected chi connectivity index (χ0v) is 75.4. The summed E-state index contributed by atoms with van der Waals surface area (Å²) in [7, 11) is 9.75. The largest absolute Gasteiger partial charge is 2.00 e. The number of hydrogen-bond acceptors (Lipinski definition) is 7. The Hall–Kier alpha value is -14.1. The minimum atomic E-state index is -0.472. The zero-order chi connectivity index (χ0) is 85.1. The normalized spacial score (nSPS) is 10.9. The third kappa shape index (κ3) is 18.5. The van der Waals surface area contributed by atoms with Gasteiger partial charge in [0.25, 0.3) is 0 Å². The van der Waals surface area contributed by atoms with Crippen molar-refractivity contribution in [2.45, 2.75) is 27.7 Å². The fraction of sp³-hybridized carbons (Fsp3) is 0.0348. The number of aromatic nitrogens is 4. The fourth-order valence-corrected chi connectivity index (χ4v) is 16.6. The van der Waals surface area contributed by atoms with Crippen molar-refractivity contribution >= 4 is 118 Å². The molecule has 0 spiro atoms. The van der Waals surface area contributed by atoms with Crippen molar-refractivity contribution in [3.63, 3.8) is 0 Å². The number of hydrogen-bond donors (Lipinski definition) is 0. The topological polar surface area (TPSA) is 81.8 Å². The molecule has 11 heteroatoms. The van der Waals surface area contributed by atoms with Crippen molar-refractivity contribution in [3.8, 4) is 95.6 Å². The zero-order valence-electron chi connectivity index (χ0n) is 69.4. The van der Waals surface area contributed by atoms with E-state index in [9.17, 15) is 0 Å². The summed E-state index contributed by atoms with van der Waals surface area (Å²) in [5.74, 6) is 0. The number of aryl methyl sites for hydroxylation is 4. The number of benzene rings is 17. The predicted octanol–water partition coefficient (Wildman–Crippen LogP) is 31.9. The van der Waals surface area contributed by atoms with Crippen molar-refractivity contribution in [1.82, 2.24) is 19.9 Å². The van der Waals surface area contributed by atoms with Crippen LogP contribution in [0.3, 0.4) is 0 Å². The van der Waals surface area contributed by atoms with E-state index in [4.69, 9.17) is 44.0 Å². The molecule has 0 bridgehead atoms. The molecule has 7 nitrogen and oxygen atoms in total. The Kier molecular flexibility index (Phi) is 25.9. The number of halogens is 2. The van der Waals surface area contributed by atoms with E-state index in [1.54, 1.807) is 12.1 Å². The van der Waals surface area contributed by atoms with Crippen molar-refractivity contribution < 1.29 is 37.5 Å². The quantitative estimate of drug-likeness (QED) is 0.100. The number of fused-ring (bicyclic) bond motifs is 6. The molecule has 0 saturated heterocycles. The first kappa shape index (κ1) is 84.2. The Morgan fingerprint density at radius 2 is 0.563 bits per heavy atom. The molecule has 0 aliphatic rings. The number of rotatable bonds is 14. The van der Waals surface area contributed by atoms with Crippen LogP contribution >= 0.6 is 18.8 Å². The SMILES string of the molecule is Cc1cnc(-c2[c-]c(N(c3[c-]c(-c4cc(-c5ccc6ccccc6c5)c(C)cn4)ccc3)c3cccc4ccccc34)ccc2)cc1-c1ccc2ccccc2c1.Cc1cnc(-c2cccc(N(c3cccc(-c4cc(-c5ccc6ccccc6c5)c(C)cn4)c3)c3cccc4ccccc34)c2)cc1-c1ccc2ccccc2c1.N#Cc1ccccc1.[Cl][Pt][Cl].[Pt+2]. The van der Waals surface area contributed by atoms with Crippen LogP contribution in [-0.2, 0) is 37.5 Å². The second kappa shape index (κ2) is 38.8. The van der Waals surface area contributed by atoms with E-state index in [0.29, 0.717) is 5.56 Å². The average molecular weight is 2020 g/mol. The standard InChI is InChI=1S/C54H39N3.C54H37N3.C7H5N.2ClH.2Pt/c2*1-36-34-55-52(32-50(36)43-26-24-38-12-3-5-15-41(38)28-43)45-18-9-20-47(30-45)57(54-23-11-17-40-14-7-8-22-49(40)54)48-21-10-19-46(31-48)53-33-51(37(2)35-56-53)44-27-25-39-13-4-6-16-42(39)29-44;8-6-7-4-2-1-3-5-7;;;;/h3-35H,1-2H3;3-29,32-35H,1-2H3;1-5H;2*1H;;/q;-2;;;;2*+2/p-2. The van der Waals surface area contributed by atoms with Crippen LogP contribution in [0.4, 0.5) is 34.1 Å². The molecule has 0 amide bonds. The van der Waals surface area contributed by atoms with Gasteiger partial charge in [0, 0.05) is 58.1 Å². The summed E-state index contributed by atoms with van der Waals surface area (Å²) in [6.07, 6.45) is 7.94. The van der Waals surface area contributed by atoms with Gasteiger partial charge in [0.05, 0.1) is 34.4 Å². The van der Waals surface area contributed by atoms with Gasteiger partial charge in [-0.25, -0.2) is 0 Å². The van der Waals surface area contributed by atoms with Crippen LogP contribution in [0.2, 0.25) is 0 Å². The molecule has 4 heterocycles. The van der Waals surface area contributed by atoms with Crippen LogP contribution < -0.4 is 9.80 Å². The van der Waals surface area contributed by atoms with Crippen LogP contribution in [-0.4, -0.2) is 19.9 Å². The van der Waals surface area contributed by atoms with Gasteiger partial charge in [-0.15, -0.1) is 59.7 Å². The molecule has 21 rings (SSSR count). The van der Waals surface area contributed by atoms with Crippen LogP contribution in [0.15, 0.2) is 419 Å². The van der Waals surface area contributed by atoms with Crippen molar-refractivity contribution in [2.75, 3.05) is 9.80 Å². The first-order valence-electron chi connectivity index (χ1n) is 41.4. The van der Waals surface area contributed by atoms with Gasteiger partial charge < -0.3 is 19.8 Å². The molecule has 0 aliphatic heterocycles. The summed E-state index contributed by atoms with van der Waals surface area (Å²) in [5.41, 5.74) is 28.2. The third-order valence-electron chi connectivity index (χ3n) is 23.0. The van der Waals surface area contributed by atoms with E-state index in [0.717, 1.165) is 123 Å². The molecule has 610 valence electrons. The number of nitriles is 1. The van der Waals surface area contributed by atoms with Gasteiger partial charge in [0.1, 0.15) is 0 Å². The summed E-state index contributed by atoms with van der Waals surface area (Å²) in [5, 5.41) is 22.8. The van der Waals surface area contributed by atoms with Gasteiger partial charge in [-0.1, -0.05) is 273 Å². The maximum absolute atomic E-state index is 8.29. The summed E-state index contributed by atoms with van der Waals surface area (Å²) >= 11 is -0.472. The molecular weight excluding hydrogens is 1940 g/mol. The molecule has 0 radical (unpaired) electrons.